The number of hydrogen-bond acceptors (Lipinski definition) is 5. The van der Waals surface area contributed by atoms with Crippen LogP contribution in [0.2, 0.25) is 0 Å². The first-order valence-corrected chi connectivity index (χ1v) is 11.7. The number of rotatable bonds is 9. The number of thiophene rings is 1. The molecule has 0 saturated carbocycles. The molecule has 1 aromatic heterocycles. The molecule has 0 amide bonds. The molecule has 2 aromatic carbocycles. The van der Waals surface area contributed by atoms with Gasteiger partial charge in [-0.15, -0.1) is 24.5 Å². The average Bonchev–Trinajstić information content (AvgIpc) is 3.06. The lowest BCUT2D eigenvalue weighted by Gasteiger charge is -2.31. The number of nitrogens with one attached hydrogen (secondary N) is 1. The third-order valence-electron chi connectivity index (χ3n) is 4.84. The van der Waals surface area contributed by atoms with Crippen LogP contribution in [0.1, 0.15) is 11.1 Å². The molecule has 0 bridgehead atoms. The van der Waals surface area contributed by atoms with Crippen molar-refractivity contribution in [2.24, 2.45) is 0 Å². The summed E-state index contributed by atoms with van der Waals surface area (Å²) in [7, 11) is 0. The summed E-state index contributed by atoms with van der Waals surface area (Å²) in [6.07, 6.45) is -9.49. The molecule has 2 unspecified atom stereocenters. The fourth-order valence-corrected chi connectivity index (χ4v) is 5.38. The van der Waals surface area contributed by atoms with E-state index < -0.39 is 42.1 Å². The third-order valence-corrected chi connectivity index (χ3v) is 6.94. The number of benzene rings is 2. The van der Waals surface area contributed by atoms with Crippen LogP contribution in [0, 0.1) is 6.92 Å². The molecule has 0 aliphatic rings. The Bertz CT molecular complexity index is 1130. The lowest BCUT2D eigenvalue weighted by atomic mass is 10.1. The van der Waals surface area contributed by atoms with E-state index in [0.717, 1.165) is 26.5 Å². The van der Waals surface area contributed by atoms with Crippen LogP contribution in [-0.2, 0) is 17.7 Å². The molecule has 0 radical (unpaired) electrons. The predicted octanol–water partition coefficient (Wildman–Crippen LogP) is 5.47. The van der Waals surface area contributed by atoms with Crippen molar-refractivity contribution in [3.8, 4) is 5.75 Å². The number of aryl methyl sites for hydroxylation is 1. The van der Waals surface area contributed by atoms with Crippen LogP contribution < -0.4 is 14.4 Å². The molecule has 0 aliphatic heterocycles. The molecule has 0 spiro atoms. The van der Waals surface area contributed by atoms with E-state index in [-0.39, 0.29) is 13.0 Å². The van der Waals surface area contributed by atoms with Crippen molar-refractivity contribution < 1.29 is 39.8 Å². The first kappa shape index (κ1) is 26.3. The van der Waals surface area contributed by atoms with E-state index in [1.165, 1.54) is 23.5 Å². The van der Waals surface area contributed by atoms with Crippen LogP contribution in [0.3, 0.4) is 0 Å². The summed E-state index contributed by atoms with van der Waals surface area (Å²) in [5, 5.41) is 3.53. The molecular formula is C21H19F6N2O3S2-. The zero-order valence-corrected chi connectivity index (χ0v) is 19.2. The van der Waals surface area contributed by atoms with Gasteiger partial charge >= 0.3 is 12.5 Å². The standard InChI is InChI=1S/C21H20F6N2O3S2/c1-13-17-4-2-3-5-18(17)33-19(13)29(34(30)31)11-15(28-12-20(22,23)24)10-14-6-8-16(9-7-14)32-21(25,26)27/h2-9,15,28H,10-12H2,1H3,(H,30,31)/p-1. The Balaban J connectivity index is 1.84. The van der Waals surface area contributed by atoms with Gasteiger partial charge in [0, 0.05) is 28.6 Å². The number of fused-ring (bicyclic) bond motifs is 1. The monoisotopic (exact) mass is 525 g/mol. The smallest absolute Gasteiger partial charge is 0.573 e. The Labute approximate surface area is 197 Å². The summed E-state index contributed by atoms with van der Waals surface area (Å²) in [6.45, 7) is 0.0455. The fourth-order valence-electron chi connectivity index (χ4n) is 3.38. The van der Waals surface area contributed by atoms with Gasteiger partial charge in [0.05, 0.1) is 6.54 Å². The van der Waals surface area contributed by atoms with Crippen LogP contribution in [0.4, 0.5) is 31.3 Å². The molecule has 5 nitrogen and oxygen atoms in total. The number of nitrogens with zero attached hydrogens (tertiary/aromatic N) is 1. The van der Waals surface area contributed by atoms with Crippen molar-refractivity contribution in [1.29, 1.82) is 0 Å². The van der Waals surface area contributed by atoms with Crippen LogP contribution in [0.15, 0.2) is 48.5 Å². The van der Waals surface area contributed by atoms with Crippen molar-refractivity contribution in [3.63, 3.8) is 0 Å². The molecule has 13 heteroatoms. The van der Waals surface area contributed by atoms with E-state index >= 15 is 0 Å². The minimum atomic E-state index is -4.88. The van der Waals surface area contributed by atoms with Crippen LogP contribution in [0.25, 0.3) is 10.1 Å². The molecule has 3 rings (SSSR count). The van der Waals surface area contributed by atoms with Crippen molar-refractivity contribution in [2.45, 2.75) is 31.9 Å². The Hall–Kier alpha value is -2.35. The molecule has 3 aromatic rings. The van der Waals surface area contributed by atoms with Crippen molar-refractivity contribution >= 4 is 37.7 Å². The normalized spacial score (nSPS) is 14.2. The maximum absolute atomic E-state index is 12.9. The van der Waals surface area contributed by atoms with Crippen LogP contribution in [0.5, 0.6) is 5.75 Å². The molecule has 1 heterocycles. The quantitative estimate of drug-likeness (QED) is 0.297. The average molecular weight is 526 g/mol. The van der Waals surface area contributed by atoms with Gasteiger partial charge in [0.2, 0.25) is 0 Å². The molecule has 0 saturated heterocycles. The Kier molecular flexibility index (Phi) is 8.11. The second kappa shape index (κ2) is 10.5. The van der Waals surface area contributed by atoms with Gasteiger partial charge in [-0.2, -0.15) is 13.2 Å². The summed E-state index contributed by atoms with van der Waals surface area (Å²) in [5.41, 5.74) is 1.08. The number of halogens is 6. The summed E-state index contributed by atoms with van der Waals surface area (Å²) in [5.74, 6) is -0.473. The highest BCUT2D eigenvalue weighted by Gasteiger charge is 2.31. The van der Waals surface area contributed by atoms with Gasteiger partial charge in [0.15, 0.2) is 0 Å². The minimum Gasteiger partial charge on any atom is -0.755 e. The summed E-state index contributed by atoms with van der Waals surface area (Å²) in [6, 6.07) is 10.9. The number of hydrogen-bond donors (Lipinski definition) is 1. The highest BCUT2D eigenvalue weighted by molar-refractivity contribution is 7.81. The summed E-state index contributed by atoms with van der Waals surface area (Å²) >= 11 is -1.58. The maximum Gasteiger partial charge on any atom is 0.573 e. The molecule has 0 fully saturated rings. The SMILES string of the molecule is Cc1c(N(CC(Cc2ccc(OC(F)(F)F)cc2)NCC(F)(F)F)S(=O)[O-])sc2ccccc12. The third kappa shape index (κ3) is 7.32. The molecule has 2 atom stereocenters. The highest BCUT2D eigenvalue weighted by Crippen LogP contribution is 2.38. The zero-order valence-electron chi connectivity index (χ0n) is 17.6. The van der Waals surface area contributed by atoms with E-state index in [1.807, 2.05) is 12.1 Å². The number of ether oxygens (including phenoxy) is 1. The van der Waals surface area contributed by atoms with E-state index in [1.54, 1.807) is 19.1 Å². The first-order chi connectivity index (χ1) is 15.8. The van der Waals surface area contributed by atoms with Gasteiger partial charge in [-0.1, -0.05) is 30.3 Å². The Morgan fingerprint density at radius 2 is 1.74 bits per heavy atom. The second-order valence-corrected chi connectivity index (χ2v) is 9.30. The molecule has 0 aliphatic carbocycles. The fraction of sp³-hybridized carbons (Fsp3) is 0.333. The second-order valence-electron chi connectivity index (χ2n) is 7.40. The largest absolute Gasteiger partial charge is 0.755 e. The molecule has 186 valence electrons. The molecule has 34 heavy (non-hydrogen) atoms. The lowest BCUT2D eigenvalue weighted by molar-refractivity contribution is -0.274. The van der Waals surface area contributed by atoms with E-state index in [0.29, 0.717) is 16.1 Å². The highest BCUT2D eigenvalue weighted by atomic mass is 32.2. The van der Waals surface area contributed by atoms with E-state index in [4.69, 9.17) is 0 Å². The van der Waals surface area contributed by atoms with Crippen molar-refractivity contribution in [3.05, 3.63) is 59.7 Å². The topological polar surface area (TPSA) is 64.6 Å². The van der Waals surface area contributed by atoms with Gasteiger partial charge in [0.25, 0.3) is 0 Å². The summed E-state index contributed by atoms with van der Waals surface area (Å²) < 4.78 is 105. The molecular weight excluding hydrogens is 506 g/mol. The van der Waals surface area contributed by atoms with Crippen molar-refractivity contribution in [2.75, 3.05) is 17.4 Å². The van der Waals surface area contributed by atoms with Gasteiger partial charge in [-0.25, -0.2) is 0 Å². The molecule has 1 N–H and O–H groups in total. The van der Waals surface area contributed by atoms with Gasteiger partial charge in [-0.05, 0) is 48.1 Å². The zero-order chi connectivity index (χ0) is 25.1. The van der Waals surface area contributed by atoms with Gasteiger partial charge in [-0.3, -0.25) is 8.51 Å². The Morgan fingerprint density at radius 1 is 1.09 bits per heavy atom. The van der Waals surface area contributed by atoms with Gasteiger partial charge in [0.1, 0.15) is 10.8 Å². The number of alkyl halides is 6. The summed E-state index contributed by atoms with van der Waals surface area (Å²) in [4.78, 5) is 0. The van der Waals surface area contributed by atoms with Gasteiger partial charge < -0.3 is 14.6 Å². The van der Waals surface area contributed by atoms with E-state index in [2.05, 4.69) is 10.1 Å². The first-order valence-electron chi connectivity index (χ1n) is 9.82. The number of anilines is 1. The maximum atomic E-state index is 12.9. The van der Waals surface area contributed by atoms with E-state index in [9.17, 15) is 35.1 Å². The van der Waals surface area contributed by atoms with Crippen LogP contribution >= 0.6 is 11.3 Å². The van der Waals surface area contributed by atoms with Crippen molar-refractivity contribution in [1.82, 2.24) is 5.32 Å². The lowest BCUT2D eigenvalue weighted by Crippen LogP contribution is -2.46. The minimum absolute atomic E-state index is 0.0694. The Morgan fingerprint density at radius 3 is 2.29 bits per heavy atom. The predicted molar refractivity (Wildman–Crippen MR) is 118 cm³/mol. The van der Waals surface area contributed by atoms with Crippen LogP contribution in [-0.4, -0.2) is 40.4 Å².